The van der Waals surface area contributed by atoms with Crippen LogP contribution in [0.25, 0.3) is 0 Å². The van der Waals surface area contributed by atoms with E-state index in [-0.39, 0.29) is 16.0 Å². The van der Waals surface area contributed by atoms with E-state index in [1.165, 1.54) is 0 Å². The van der Waals surface area contributed by atoms with Gasteiger partial charge in [-0.15, -0.1) is 0 Å². The Labute approximate surface area is 133 Å². The van der Waals surface area contributed by atoms with Crippen LogP contribution in [-0.4, -0.2) is 14.5 Å². The Bertz CT molecular complexity index is 761. The number of hydrogen-bond donors (Lipinski definition) is 1. The standard InChI is InChI=1S/C15H15ClFNO3S/c1-10(2)21-13-6-4-12(5-7-13)18-22(19,20)15-8-3-11(17)9-14(15)16/h3-10,18H,1-2H3. The van der Waals surface area contributed by atoms with Crippen molar-refractivity contribution in [2.24, 2.45) is 0 Å². The normalized spacial score (nSPS) is 11.5. The number of halogens is 2. The number of nitrogens with one attached hydrogen (secondary N) is 1. The quantitative estimate of drug-likeness (QED) is 0.890. The molecule has 0 aliphatic heterocycles. The molecule has 0 spiro atoms. The zero-order valence-electron chi connectivity index (χ0n) is 12.0. The van der Waals surface area contributed by atoms with Crippen molar-refractivity contribution in [3.05, 3.63) is 53.3 Å². The van der Waals surface area contributed by atoms with E-state index in [1.54, 1.807) is 24.3 Å². The van der Waals surface area contributed by atoms with Crippen LogP contribution in [-0.2, 0) is 10.0 Å². The largest absolute Gasteiger partial charge is 0.491 e. The summed E-state index contributed by atoms with van der Waals surface area (Å²) >= 11 is 5.78. The Morgan fingerprint density at radius 1 is 1.14 bits per heavy atom. The van der Waals surface area contributed by atoms with Crippen LogP contribution in [0.3, 0.4) is 0 Å². The van der Waals surface area contributed by atoms with Gasteiger partial charge >= 0.3 is 0 Å². The molecule has 0 amide bonds. The summed E-state index contributed by atoms with van der Waals surface area (Å²) in [6.07, 6.45) is 0.0283. The second kappa shape index (κ2) is 6.54. The molecule has 0 radical (unpaired) electrons. The molecule has 4 nitrogen and oxygen atoms in total. The lowest BCUT2D eigenvalue weighted by Crippen LogP contribution is -2.13. The number of benzene rings is 2. The van der Waals surface area contributed by atoms with Gasteiger partial charge in [-0.2, -0.15) is 0 Å². The van der Waals surface area contributed by atoms with Crippen LogP contribution in [0.1, 0.15) is 13.8 Å². The molecule has 2 aromatic rings. The highest BCUT2D eigenvalue weighted by Crippen LogP contribution is 2.25. The molecular formula is C15H15ClFNO3S. The van der Waals surface area contributed by atoms with Crippen molar-refractivity contribution in [1.82, 2.24) is 0 Å². The van der Waals surface area contributed by atoms with Crippen molar-refractivity contribution < 1.29 is 17.5 Å². The first kappa shape index (κ1) is 16.6. The van der Waals surface area contributed by atoms with Gasteiger partial charge in [0.25, 0.3) is 10.0 Å². The van der Waals surface area contributed by atoms with Crippen molar-refractivity contribution in [3.63, 3.8) is 0 Å². The third-order valence-corrected chi connectivity index (χ3v) is 4.53. The van der Waals surface area contributed by atoms with E-state index in [0.717, 1.165) is 18.2 Å². The van der Waals surface area contributed by atoms with E-state index in [1.807, 2.05) is 13.8 Å². The Morgan fingerprint density at radius 2 is 1.77 bits per heavy atom. The lowest BCUT2D eigenvalue weighted by Gasteiger charge is -2.12. The molecule has 0 saturated heterocycles. The second-order valence-electron chi connectivity index (χ2n) is 4.87. The first-order chi connectivity index (χ1) is 10.3. The fourth-order valence-electron chi connectivity index (χ4n) is 1.78. The maximum absolute atomic E-state index is 13.0. The average Bonchev–Trinajstić information content (AvgIpc) is 2.39. The lowest BCUT2D eigenvalue weighted by atomic mass is 10.3. The summed E-state index contributed by atoms with van der Waals surface area (Å²) < 4.78 is 45.4. The monoisotopic (exact) mass is 343 g/mol. The molecule has 2 aromatic carbocycles. The number of hydrogen-bond acceptors (Lipinski definition) is 3. The van der Waals surface area contributed by atoms with Crippen molar-refractivity contribution in [3.8, 4) is 5.75 Å². The fraction of sp³-hybridized carbons (Fsp3) is 0.200. The summed E-state index contributed by atoms with van der Waals surface area (Å²) in [4.78, 5) is -0.182. The van der Waals surface area contributed by atoms with E-state index in [2.05, 4.69) is 4.72 Å². The Balaban J connectivity index is 2.21. The Morgan fingerprint density at radius 3 is 2.32 bits per heavy atom. The molecule has 0 aliphatic rings. The minimum absolute atomic E-state index is 0.0283. The van der Waals surface area contributed by atoms with Gasteiger partial charge in [-0.1, -0.05) is 11.6 Å². The minimum Gasteiger partial charge on any atom is -0.491 e. The van der Waals surface area contributed by atoms with Crippen LogP contribution < -0.4 is 9.46 Å². The van der Waals surface area contributed by atoms with Gasteiger partial charge in [0.1, 0.15) is 16.5 Å². The molecule has 0 aliphatic carbocycles. The predicted molar refractivity (Wildman–Crippen MR) is 84.4 cm³/mol. The maximum Gasteiger partial charge on any atom is 0.263 e. The van der Waals surface area contributed by atoms with Gasteiger partial charge in [-0.3, -0.25) is 4.72 Å². The Kier molecular flexibility index (Phi) is 4.93. The van der Waals surface area contributed by atoms with Crippen molar-refractivity contribution in [2.45, 2.75) is 24.8 Å². The predicted octanol–water partition coefficient (Wildman–Crippen LogP) is 4.07. The molecule has 0 heterocycles. The highest BCUT2D eigenvalue weighted by Gasteiger charge is 2.18. The molecule has 0 fully saturated rings. The lowest BCUT2D eigenvalue weighted by molar-refractivity contribution is 0.242. The molecule has 0 bridgehead atoms. The Hall–Kier alpha value is -1.79. The van der Waals surface area contributed by atoms with Crippen LogP contribution in [0.15, 0.2) is 47.4 Å². The summed E-state index contributed by atoms with van der Waals surface area (Å²) in [6, 6.07) is 9.58. The summed E-state index contributed by atoms with van der Waals surface area (Å²) in [5.41, 5.74) is 0.358. The molecule has 118 valence electrons. The highest BCUT2D eigenvalue weighted by atomic mass is 35.5. The van der Waals surface area contributed by atoms with Gasteiger partial charge in [0, 0.05) is 5.69 Å². The highest BCUT2D eigenvalue weighted by molar-refractivity contribution is 7.92. The van der Waals surface area contributed by atoms with Crippen LogP contribution >= 0.6 is 11.6 Å². The summed E-state index contributed by atoms with van der Waals surface area (Å²) in [5.74, 6) is 0.0388. The second-order valence-corrected chi connectivity index (χ2v) is 6.93. The first-order valence-electron chi connectivity index (χ1n) is 6.52. The van der Waals surface area contributed by atoms with Crippen molar-refractivity contribution >= 4 is 27.3 Å². The van der Waals surface area contributed by atoms with Gasteiger partial charge in [0.2, 0.25) is 0 Å². The third-order valence-electron chi connectivity index (χ3n) is 2.66. The molecule has 0 saturated carbocycles. The zero-order valence-corrected chi connectivity index (χ0v) is 13.6. The fourth-order valence-corrected chi connectivity index (χ4v) is 3.37. The zero-order chi connectivity index (χ0) is 16.3. The van der Waals surface area contributed by atoms with E-state index in [4.69, 9.17) is 16.3 Å². The van der Waals surface area contributed by atoms with Gasteiger partial charge in [-0.25, -0.2) is 12.8 Å². The van der Waals surface area contributed by atoms with Crippen LogP contribution in [0.4, 0.5) is 10.1 Å². The molecule has 0 atom stereocenters. The van der Waals surface area contributed by atoms with E-state index in [9.17, 15) is 12.8 Å². The summed E-state index contributed by atoms with van der Waals surface area (Å²) in [5, 5.41) is -0.174. The topological polar surface area (TPSA) is 55.4 Å². The van der Waals surface area contributed by atoms with Gasteiger partial charge in [0.05, 0.1) is 11.1 Å². The van der Waals surface area contributed by atoms with E-state index in [0.29, 0.717) is 11.4 Å². The number of anilines is 1. The molecule has 22 heavy (non-hydrogen) atoms. The molecule has 0 aromatic heterocycles. The summed E-state index contributed by atoms with van der Waals surface area (Å²) in [6.45, 7) is 3.79. The van der Waals surface area contributed by atoms with Gasteiger partial charge in [-0.05, 0) is 56.3 Å². The van der Waals surface area contributed by atoms with Crippen LogP contribution in [0, 0.1) is 5.82 Å². The third kappa shape index (κ3) is 4.11. The van der Waals surface area contributed by atoms with Crippen LogP contribution in [0.2, 0.25) is 5.02 Å². The molecule has 7 heteroatoms. The van der Waals surface area contributed by atoms with Gasteiger partial charge in [0.15, 0.2) is 0 Å². The van der Waals surface area contributed by atoms with Crippen molar-refractivity contribution in [1.29, 1.82) is 0 Å². The molecule has 2 rings (SSSR count). The minimum atomic E-state index is -3.89. The summed E-state index contributed by atoms with van der Waals surface area (Å²) in [7, 11) is -3.89. The smallest absolute Gasteiger partial charge is 0.263 e. The average molecular weight is 344 g/mol. The molecule has 0 unspecified atom stereocenters. The molecular weight excluding hydrogens is 329 g/mol. The molecule has 1 N–H and O–H groups in total. The van der Waals surface area contributed by atoms with Crippen molar-refractivity contribution in [2.75, 3.05) is 4.72 Å². The van der Waals surface area contributed by atoms with E-state index >= 15 is 0 Å². The maximum atomic E-state index is 13.0. The van der Waals surface area contributed by atoms with Gasteiger partial charge < -0.3 is 4.74 Å². The van der Waals surface area contributed by atoms with E-state index < -0.39 is 15.8 Å². The number of rotatable bonds is 5. The SMILES string of the molecule is CC(C)Oc1ccc(NS(=O)(=O)c2ccc(F)cc2Cl)cc1. The number of sulfonamides is 1. The van der Waals surface area contributed by atoms with Crippen LogP contribution in [0.5, 0.6) is 5.75 Å². The number of ether oxygens (including phenoxy) is 1. The first-order valence-corrected chi connectivity index (χ1v) is 8.38.